The first-order valence-electron chi connectivity index (χ1n) is 11.4. The first kappa shape index (κ1) is 25.0. The summed E-state index contributed by atoms with van der Waals surface area (Å²) in [5, 5.41) is 6.80. The molecule has 1 heterocycles. The Labute approximate surface area is 198 Å². The van der Waals surface area contributed by atoms with E-state index in [1.807, 2.05) is 58.0 Å². The summed E-state index contributed by atoms with van der Waals surface area (Å²) in [7, 11) is 0. The molecule has 1 atom stereocenters. The largest absolute Gasteiger partial charge is 0.489 e. The zero-order chi connectivity index (χ0) is 24.7. The summed E-state index contributed by atoms with van der Waals surface area (Å²) in [6.45, 7) is 8.52. The Morgan fingerprint density at radius 2 is 1.68 bits per heavy atom. The number of aromatic nitrogens is 2. The number of Topliss-reactive ketones (excluding diaryl/α,β-unsaturated/α-hetero) is 1. The van der Waals surface area contributed by atoms with E-state index in [0.717, 1.165) is 10.2 Å². The third-order valence-electron chi connectivity index (χ3n) is 5.05. The van der Waals surface area contributed by atoms with Gasteiger partial charge in [-0.25, -0.2) is 4.79 Å². The van der Waals surface area contributed by atoms with Crippen LogP contribution >= 0.6 is 0 Å². The molecule has 0 fully saturated rings. The number of nitrogens with one attached hydrogen (secondary N) is 1. The van der Waals surface area contributed by atoms with Crippen molar-refractivity contribution in [1.82, 2.24) is 15.1 Å². The first-order chi connectivity index (χ1) is 16.2. The van der Waals surface area contributed by atoms with Crippen molar-refractivity contribution >= 4 is 11.7 Å². The summed E-state index contributed by atoms with van der Waals surface area (Å²) in [6, 6.07) is 15.6. The standard InChI is InChI=1S/C26H31N3O5/c1-17(2)14-22(23(30)25-28-29(15-18(3)4)26(32)34-25)27-24(31)20-10-12-21(13-11-20)33-16-19-8-6-5-7-9-19/h5-13,17-18,22H,14-16H2,1-4H3,(H,27,31). The first-order valence-corrected chi connectivity index (χ1v) is 11.4. The summed E-state index contributed by atoms with van der Waals surface area (Å²) in [6.07, 6.45) is 0.379. The van der Waals surface area contributed by atoms with E-state index in [4.69, 9.17) is 9.15 Å². The van der Waals surface area contributed by atoms with Crippen LogP contribution in [-0.4, -0.2) is 27.5 Å². The van der Waals surface area contributed by atoms with Gasteiger partial charge in [-0.1, -0.05) is 58.0 Å². The molecular weight excluding hydrogens is 434 g/mol. The number of benzene rings is 2. The number of rotatable bonds is 11. The van der Waals surface area contributed by atoms with E-state index in [1.54, 1.807) is 24.3 Å². The van der Waals surface area contributed by atoms with Gasteiger partial charge >= 0.3 is 5.76 Å². The van der Waals surface area contributed by atoms with Gasteiger partial charge < -0.3 is 14.5 Å². The molecule has 0 saturated carbocycles. The van der Waals surface area contributed by atoms with E-state index in [-0.39, 0.29) is 17.7 Å². The maximum Gasteiger partial charge on any atom is 0.437 e. The Morgan fingerprint density at radius 1 is 1.00 bits per heavy atom. The van der Waals surface area contributed by atoms with Crippen LogP contribution in [0.5, 0.6) is 5.75 Å². The minimum Gasteiger partial charge on any atom is -0.489 e. The highest BCUT2D eigenvalue weighted by Crippen LogP contribution is 2.16. The SMILES string of the molecule is CC(C)CC(NC(=O)c1ccc(OCc2ccccc2)cc1)C(=O)c1nn(CC(C)C)c(=O)o1. The Balaban J connectivity index is 1.68. The van der Waals surface area contributed by atoms with Crippen molar-refractivity contribution in [3.05, 3.63) is 82.2 Å². The number of ketones is 1. The van der Waals surface area contributed by atoms with E-state index >= 15 is 0 Å². The van der Waals surface area contributed by atoms with Gasteiger partial charge in [0.1, 0.15) is 12.4 Å². The molecule has 0 spiro atoms. The Hall–Kier alpha value is -3.68. The third kappa shape index (κ3) is 6.91. The molecule has 0 aliphatic heterocycles. The van der Waals surface area contributed by atoms with Crippen LogP contribution in [0.2, 0.25) is 0 Å². The van der Waals surface area contributed by atoms with Crippen molar-refractivity contribution in [1.29, 1.82) is 0 Å². The molecule has 3 aromatic rings. The van der Waals surface area contributed by atoms with Gasteiger partial charge in [0.25, 0.3) is 11.8 Å². The third-order valence-corrected chi connectivity index (χ3v) is 5.05. The highest BCUT2D eigenvalue weighted by atomic mass is 16.5. The fourth-order valence-electron chi connectivity index (χ4n) is 3.40. The Kier molecular flexibility index (Phi) is 8.40. The molecule has 8 heteroatoms. The van der Waals surface area contributed by atoms with Crippen LogP contribution in [0.15, 0.2) is 63.8 Å². The molecular formula is C26H31N3O5. The van der Waals surface area contributed by atoms with E-state index in [1.165, 1.54) is 0 Å². The highest BCUT2D eigenvalue weighted by molar-refractivity contribution is 6.02. The highest BCUT2D eigenvalue weighted by Gasteiger charge is 2.28. The molecule has 1 unspecified atom stereocenters. The lowest BCUT2D eigenvalue weighted by atomic mass is 9.99. The van der Waals surface area contributed by atoms with Gasteiger partial charge in [-0.3, -0.25) is 9.59 Å². The zero-order valence-corrected chi connectivity index (χ0v) is 20.0. The second kappa shape index (κ2) is 11.4. The molecule has 0 aliphatic rings. The summed E-state index contributed by atoms with van der Waals surface area (Å²) < 4.78 is 12.0. The van der Waals surface area contributed by atoms with Crippen molar-refractivity contribution in [2.24, 2.45) is 11.8 Å². The molecule has 2 aromatic carbocycles. The Bertz CT molecular complexity index is 1150. The summed E-state index contributed by atoms with van der Waals surface area (Å²) in [4.78, 5) is 37.9. The number of hydrogen-bond acceptors (Lipinski definition) is 6. The number of nitrogens with zero attached hydrogens (tertiary/aromatic N) is 2. The monoisotopic (exact) mass is 465 g/mol. The fourth-order valence-corrected chi connectivity index (χ4v) is 3.40. The van der Waals surface area contributed by atoms with Crippen LogP contribution in [0.25, 0.3) is 0 Å². The number of hydrogen-bond donors (Lipinski definition) is 1. The molecule has 1 aromatic heterocycles. The molecule has 0 radical (unpaired) electrons. The second-order valence-electron chi connectivity index (χ2n) is 9.07. The van der Waals surface area contributed by atoms with Gasteiger partial charge in [0.05, 0.1) is 12.6 Å². The molecule has 8 nitrogen and oxygen atoms in total. The molecule has 0 bridgehead atoms. The lowest BCUT2D eigenvalue weighted by Gasteiger charge is -2.18. The fraction of sp³-hybridized carbons (Fsp3) is 0.385. The van der Waals surface area contributed by atoms with Crippen LogP contribution < -0.4 is 15.8 Å². The summed E-state index contributed by atoms with van der Waals surface area (Å²) in [5.41, 5.74) is 1.43. The maximum atomic E-state index is 13.0. The molecule has 1 amide bonds. The number of amides is 1. The number of carbonyl (C=O) groups is 2. The normalized spacial score (nSPS) is 12.1. The summed E-state index contributed by atoms with van der Waals surface area (Å²) in [5.74, 6) is -0.988. The number of carbonyl (C=O) groups excluding carboxylic acids is 2. The minimum atomic E-state index is -0.868. The van der Waals surface area contributed by atoms with E-state index in [9.17, 15) is 14.4 Å². The quantitative estimate of drug-likeness (QED) is 0.428. The van der Waals surface area contributed by atoms with Gasteiger partial charge in [-0.05, 0) is 48.1 Å². The molecule has 0 aliphatic carbocycles. The lowest BCUT2D eigenvalue weighted by molar-refractivity contribution is 0.0824. The predicted octanol–water partition coefficient (Wildman–Crippen LogP) is 4.10. The van der Waals surface area contributed by atoms with Crippen molar-refractivity contribution in [2.45, 2.75) is 53.3 Å². The van der Waals surface area contributed by atoms with Gasteiger partial charge in [-0.2, -0.15) is 4.68 Å². The molecule has 1 N–H and O–H groups in total. The Morgan fingerprint density at radius 3 is 2.29 bits per heavy atom. The number of ether oxygens (including phenoxy) is 1. The van der Waals surface area contributed by atoms with E-state index in [0.29, 0.717) is 30.9 Å². The van der Waals surface area contributed by atoms with Crippen LogP contribution in [0.1, 0.15) is 60.7 Å². The molecule has 3 rings (SSSR count). The van der Waals surface area contributed by atoms with E-state index < -0.39 is 23.5 Å². The van der Waals surface area contributed by atoms with Crippen LogP contribution in [-0.2, 0) is 13.2 Å². The summed E-state index contributed by atoms with van der Waals surface area (Å²) >= 11 is 0. The van der Waals surface area contributed by atoms with Gasteiger partial charge in [0.2, 0.25) is 5.78 Å². The molecule has 34 heavy (non-hydrogen) atoms. The maximum absolute atomic E-state index is 13.0. The van der Waals surface area contributed by atoms with Crippen molar-refractivity contribution in [3.63, 3.8) is 0 Å². The van der Waals surface area contributed by atoms with Crippen molar-refractivity contribution in [3.8, 4) is 5.75 Å². The average Bonchev–Trinajstić information content (AvgIpc) is 3.16. The van der Waals surface area contributed by atoms with Crippen LogP contribution in [0.4, 0.5) is 0 Å². The van der Waals surface area contributed by atoms with Crippen LogP contribution in [0, 0.1) is 11.8 Å². The minimum absolute atomic E-state index is 0.118. The van der Waals surface area contributed by atoms with E-state index in [2.05, 4.69) is 10.4 Å². The second-order valence-corrected chi connectivity index (χ2v) is 9.07. The smallest absolute Gasteiger partial charge is 0.437 e. The van der Waals surface area contributed by atoms with Crippen molar-refractivity contribution in [2.75, 3.05) is 0 Å². The topological polar surface area (TPSA) is 103 Å². The van der Waals surface area contributed by atoms with Crippen LogP contribution in [0.3, 0.4) is 0 Å². The molecule has 180 valence electrons. The van der Waals surface area contributed by atoms with Gasteiger partial charge in [-0.15, -0.1) is 5.10 Å². The predicted molar refractivity (Wildman–Crippen MR) is 128 cm³/mol. The average molecular weight is 466 g/mol. The van der Waals surface area contributed by atoms with Gasteiger partial charge in [0.15, 0.2) is 0 Å². The lowest BCUT2D eigenvalue weighted by Crippen LogP contribution is -2.42. The van der Waals surface area contributed by atoms with Gasteiger partial charge in [0, 0.05) is 5.56 Å². The molecule has 0 saturated heterocycles. The zero-order valence-electron chi connectivity index (χ0n) is 20.0. The van der Waals surface area contributed by atoms with Crippen molar-refractivity contribution < 1.29 is 18.7 Å².